The van der Waals surface area contributed by atoms with Gasteiger partial charge in [-0.25, -0.2) is 0 Å². The molecule has 2 aromatic carbocycles. The Kier molecular flexibility index (Phi) is 4.39. The van der Waals surface area contributed by atoms with Crippen LogP contribution in [0, 0.1) is 6.92 Å². The molecule has 0 atom stereocenters. The van der Waals surface area contributed by atoms with E-state index in [1.165, 1.54) is 20.3 Å². The predicted molar refractivity (Wildman–Crippen MR) is 92.2 cm³/mol. The van der Waals surface area contributed by atoms with Crippen molar-refractivity contribution in [3.8, 4) is 11.5 Å². The number of methoxy groups -OCH3 is 2. The van der Waals surface area contributed by atoms with Crippen LogP contribution in [0.2, 0.25) is 0 Å². The molecule has 2 aromatic rings. The van der Waals surface area contributed by atoms with Gasteiger partial charge in [0.05, 0.1) is 19.8 Å². The number of rotatable bonds is 3. The molecule has 0 saturated carbocycles. The highest BCUT2D eigenvalue weighted by Gasteiger charge is 2.33. The number of carbonyl (C=O) groups is 1. The maximum absolute atomic E-state index is 12.9. The van der Waals surface area contributed by atoms with Crippen LogP contribution in [0.5, 0.6) is 11.5 Å². The van der Waals surface area contributed by atoms with Crippen molar-refractivity contribution in [1.29, 1.82) is 0 Å². The lowest BCUT2D eigenvalue weighted by atomic mass is 9.99. The molecule has 3 rings (SSSR count). The molecule has 0 bridgehead atoms. The van der Waals surface area contributed by atoms with Gasteiger partial charge in [-0.05, 0) is 48.4 Å². The fourth-order valence-electron chi connectivity index (χ4n) is 2.82. The highest BCUT2D eigenvalue weighted by Crippen LogP contribution is 2.39. The molecule has 1 heterocycles. The molecule has 0 spiro atoms. The number of amides is 1. The zero-order valence-corrected chi connectivity index (χ0v) is 14.3. The maximum Gasteiger partial charge on any atom is 0.416 e. The van der Waals surface area contributed by atoms with Crippen LogP contribution in [0.1, 0.15) is 22.3 Å². The first kappa shape index (κ1) is 17.8. The van der Waals surface area contributed by atoms with Gasteiger partial charge in [0.2, 0.25) is 0 Å². The van der Waals surface area contributed by atoms with Gasteiger partial charge in [-0.3, -0.25) is 4.79 Å². The van der Waals surface area contributed by atoms with Gasteiger partial charge in [-0.15, -0.1) is 0 Å². The second-order valence-corrected chi connectivity index (χ2v) is 5.83. The Bertz CT molecular complexity index is 917. The van der Waals surface area contributed by atoms with Gasteiger partial charge in [-0.2, -0.15) is 13.2 Å². The van der Waals surface area contributed by atoms with Crippen LogP contribution >= 0.6 is 0 Å². The number of carbonyl (C=O) groups excluding carboxylic acids is 1. The zero-order valence-electron chi connectivity index (χ0n) is 14.3. The number of hydrogen-bond acceptors (Lipinski definition) is 3. The van der Waals surface area contributed by atoms with Gasteiger partial charge in [0.1, 0.15) is 0 Å². The first-order valence-corrected chi connectivity index (χ1v) is 7.72. The normalized spacial score (nSPS) is 15.0. The second kappa shape index (κ2) is 6.40. The molecule has 1 aliphatic heterocycles. The van der Waals surface area contributed by atoms with E-state index in [9.17, 15) is 18.0 Å². The number of hydrogen-bond donors (Lipinski definition) is 1. The van der Waals surface area contributed by atoms with E-state index in [-0.39, 0.29) is 5.69 Å². The SMILES string of the molecule is COc1cc(C)c(/C=C2\C(=O)Nc3cc(C(F)(F)F)ccc32)cc1OC. The largest absolute Gasteiger partial charge is 0.493 e. The van der Waals surface area contributed by atoms with Crippen molar-refractivity contribution >= 4 is 23.2 Å². The summed E-state index contributed by atoms with van der Waals surface area (Å²) in [7, 11) is 3.02. The zero-order chi connectivity index (χ0) is 19.1. The standard InChI is InChI=1S/C19H16F3NO3/c1-10-6-16(25-2)17(26-3)8-11(10)7-14-13-5-4-12(19(20,21)22)9-15(13)23-18(14)24/h4-9H,1-3H3,(H,23,24)/b14-7-. The second-order valence-electron chi connectivity index (χ2n) is 5.83. The van der Waals surface area contributed by atoms with Crippen LogP contribution in [-0.4, -0.2) is 20.1 Å². The van der Waals surface area contributed by atoms with Crippen molar-refractivity contribution < 1.29 is 27.4 Å². The van der Waals surface area contributed by atoms with Crippen LogP contribution in [0.15, 0.2) is 30.3 Å². The number of aryl methyl sites for hydroxylation is 1. The minimum atomic E-state index is -4.47. The molecule has 7 heteroatoms. The van der Waals surface area contributed by atoms with Crippen LogP contribution < -0.4 is 14.8 Å². The average molecular weight is 363 g/mol. The molecular formula is C19H16F3NO3. The summed E-state index contributed by atoms with van der Waals surface area (Å²) in [6.45, 7) is 1.84. The van der Waals surface area contributed by atoms with Gasteiger partial charge in [0.15, 0.2) is 11.5 Å². The fraction of sp³-hybridized carbons (Fsp3) is 0.211. The third-order valence-corrected chi connectivity index (χ3v) is 4.20. The smallest absolute Gasteiger partial charge is 0.416 e. The summed E-state index contributed by atoms with van der Waals surface area (Å²) < 4.78 is 49.1. The van der Waals surface area contributed by atoms with Crippen molar-refractivity contribution in [2.75, 3.05) is 19.5 Å². The molecular weight excluding hydrogens is 347 g/mol. The van der Waals surface area contributed by atoms with Gasteiger partial charge in [0.25, 0.3) is 5.91 Å². The Hall–Kier alpha value is -2.96. The Morgan fingerprint density at radius 3 is 2.31 bits per heavy atom. The Balaban J connectivity index is 2.08. The van der Waals surface area contributed by atoms with Gasteiger partial charge in [0, 0.05) is 16.8 Å². The summed E-state index contributed by atoms with van der Waals surface area (Å²) in [5.74, 6) is 0.600. The molecule has 0 aliphatic carbocycles. The lowest BCUT2D eigenvalue weighted by Gasteiger charge is -2.11. The van der Waals surface area contributed by atoms with Crippen LogP contribution in [0.3, 0.4) is 0 Å². The van der Waals surface area contributed by atoms with Gasteiger partial charge in [-0.1, -0.05) is 6.07 Å². The third kappa shape index (κ3) is 3.12. The number of fused-ring (bicyclic) bond motifs is 1. The summed E-state index contributed by atoms with van der Waals surface area (Å²) in [5, 5.41) is 2.49. The number of nitrogens with one attached hydrogen (secondary N) is 1. The third-order valence-electron chi connectivity index (χ3n) is 4.20. The van der Waals surface area contributed by atoms with Crippen molar-refractivity contribution in [3.05, 3.63) is 52.6 Å². The molecule has 4 nitrogen and oxygen atoms in total. The van der Waals surface area contributed by atoms with E-state index < -0.39 is 17.6 Å². The lowest BCUT2D eigenvalue weighted by molar-refractivity contribution is -0.137. The number of alkyl halides is 3. The van der Waals surface area contributed by atoms with E-state index in [0.29, 0.717) is 28.2 Å². The van der Waals surface area contributed by atoms with Gasteiger partial charge < -0.3 is 14.8 Å². The Morgan fingerprint density at radius 2 is 1.69 bits per heavy atom. The van der Waals surface area contributed by atoms with E-state index in [1.54, 1.807) is 18.2 Å². The summed E-state index contributed by atoms with van der Waals surface area (Å²) in [6, 6.07) is 6.70. The topological polar surface area (TPSA) is 47.6 Å². The summed E-state index contributed by atoms with van der Waals surface area (Å²) >= 11 is 0. The highest BCUT2D eigenvalue weighted by atomic mass is 19.4. The summed E-state index contributed by atoms with van der Waals surface area (Å²) in [5.41, 5.74) is 1.61. The van der Waals surface area contributed by atoms with Crippen molar-refractivity contribution in [3.63, 3.8) is 0 Å². The predicted octanol–water partition coefficient (Wildman–Crippen LogP) is 4.52. The summed E-state index contributed by atoms with van der Waals surface area (Å²) in [4.78, 5) is 12.3. The maximum atomic E-state index is 12.9. The molecule has 0 radical (unpaired) electrons. The Morgan fingerprint density at radius 1 is 1.04 bits per heavy atom. The molecule has 1 amide bonds. The van der Waals surface area contributed by atoms with Crippen LogP contribution in [0.4, 0.5) is 18.9 Å². The molecule has 0 aromatic heterocycles. The summed E-state index contributed by atoms with van der Waals surface area (Å²) in [6.07, 6.45) is -2.84. The molecule has 0 saturated heterocycles. The molecule has 0 fully saturated rings. The lowest BCUT2D eigenvalue weighted by Crippen LogP contribution is -2.06. The number of benzene rings is 2. The molecule has 1 N–H and O–H groups in total. The van der Waals surface area contributed by atoms with Crippen LogP contribution in [0.25, 0.3) is 11.6 Å². The van der Waals surface area contributed by atoms with Crippen molar-refractivity contribution in [2.24, 2.45) is 0 Å². The van der Waals surface area contributed by atoms with Crippen molar-refractivity contribution in [2.45, 2.75) is 13.1 Å². The Labute approximate surface area is 148 Å². The molecule has 1 aliphatic rings. The first-order valence-electron chi connectivity index (χ1n) is 7.72. The minimum absolute atomic E-state index is 0.147. The van der Waals surface area contributed by atoms with E-state index in [0.717, 1.165) is 17.7 Å². The van der Waals surface area contributed by atoms with Gasteiger partial charge >= 0.3 is 6.18 Å². The van der Waals surface area contributed by atoms with E-state index in [4.69, 9.17) is 9.47 Å². The average Bonchev–Trinajstić information content (AvgIpc) is 2.90. The fourth-order valence-corrected chi connectivity index (χ4v) is 2.82. The number of anilines is 1. The van der Waals surface area contributed by atoms with E-state index in [1.807, 2.05) is 6.92 Å². The van der Waals surface area contributed by atoms with E-state index >= 15 is 0 Å². The quantitative estimate of drug-likeness (QED) is 0.816. The minimum Gasteiger partial charge on any atom is -0.493 e. The molecule has 0 unspecified atom stereocenters. The highest BCUT2D eigenvalue weighted by molar-refractivity contribution is 6.35. The van der Waals surface area contributed by atoms with Crippen LogP contribution in [-0.2, 0) is 11.0 Å². The molecule has 136 valence electrons. The monoisotopic (exact) mass is 363 g/mol. The first-order chi connectivity index (χ1) is 12.2. The van der Waals surface area contributed by atoms with E-state index in [2.05, 4.69) is 5.32 Å². The molecule has 26 heavy (non-hydrogen) atoms. The van der Waals surface area contributed by atoms with Crippen molar-refractivity contribution in [1.82, 2.24) is 0 Å². The number of ether oxygens (including phenoxy) is 2. The number of halogens is 3.